The summed E-state index contributed by atoms with van der Waals surface area (Å²) < 4.78 is 37.5. The molecule has 3 fully saturated rings. The second kappa shape index (κ2) is 10.6. The number of fused-ring (bicyclic) bond motifs is 2. The molecule has 6 atom stereocenters. The molecule has 0 spiro atoms. The first kappa shape index (κ1) is 25.9. The maximum absolute atomic E-state index is 12.3. The fourth-order valence-electron chi connectivity index (χ4n) is 4.84. The van der Waals surface area contributed by atoms with Crippen molar-refractivity contribution in [2.24, 2.45) is 4.40 Å². The van der Waals surface area contributed by atoms with Crippen LogP contribution in [0.2, 0.25) is 0 Å². The minimum Gasteiger partial charge on any atom is -0.861 e. The molecule has 0 bridgehead atoms. The Labute approximate surface area is 216 Å². The Balaban J connectivity index is 1.07. The van der Waals surface area contributed by atoms with E-state index in [2.05, 4.69) is 34.7 Å². The summed E-state index contributed by atoms with van der Waals surface area (Å²) in [5, 5.41) is 28.7. The molecule has 2 amide bonds. The maximum Gasteiger partial charge on any atom is 0.318 e. The van der Waals surface area contributed by atoms with E-state index in [1.165, 1.54) is 17.2 Å². The predicted octanol–water partition coefficient (Wildman–Crippen LogP) is -1.62. The van der Waals surface area contributed by atoms with Gasteiger partial charge in [-0.2, -0.15) is 29.3 Å². The fourth-order valence-corrected chi connectivity index (χ4v) is 7.21. The minimum atomic E-state index is -4.22. The Morgan fingerprint density at radius 2 is 2.19 bits per heavy atom. The number of thioether (sulfide) groups is 1. The van der Waals surface area contributed by atoms with Crippen molar-refractivity contribution in [1.82, 2.24) is 34.9 Å². The van der Waals surface area contributed by atoms with Crippen LogP contribution < -0.4 is 26.2 Å². The van der Waals surface area contributed by atoms with Gasteiger partial charge in [-0.25, -0.2) is 19.7 Å². The first-order chi connectivity index (χ1) is 17.7. The number of rotatable bonds is 10. The molecule has 202 valence electrons. The van der Waals surface area contributed by atoms with Crippen molar-refractivity contribution in [2.45, 2.75) is 67.9 Å². The molecule has 2 aromatic heterocycles. The van der Waals surface area contributed by atoms with Crippen LogP contribution in [0.4, 0.5) is 10.6 Å². The number of aliphatic hydroxyl groups is 1. The zero-order chi connectivity index (χ0) is 26.2. The number of imidazole rings is 1. The van der Waals surface area contributed by atoms with Gasteiger partial charge in [0.05, 0.1) is 24.5 Å². The number of aliphatic hydroxyl groups excluding tert-OH is 1. The molecule has 0 radical (unpaired) electrons. The van der Waals surface area contributed by atoms with Gasteiger partial charge >= 0.3 is 16.2 Å². The first-order valence-electron chi connectivity index (χ1n) is 11.9. The van der Waals surface area contributed by atoms with Gasteiger partial charge in [0.1, 0.15) is 17.9 Å². The van der Waals surface area contributed by atoms with E-state index in [4.69, 9.17) is 10.5 Å². The van der Waals surface area contributed by atoms with Gasteiger partial charge in [0, 0.05) is 24.0 Å². The third-order valence-corrected chi connectivity index (χ3v) is 9.09. The van der Waals surface area contributed by atoms with Crippen LogP contribution in [-0.4, -0.2) is 86.8 Å². The quantitative estimate of drug-likeness (QED) is 0.0971. The van der Waals surface area contributed by atoms with Gasteiger partial charge in [-0.3, -0.25) is 4.57 Å². The van der Waals surface area contributed by atoms with Gasteiger partial charge < -0.3 is 31.3 Å². The number of ether oxygens (including phenoxy) is 1. The number of urea groups is 1. The summed E-state index contributed by atoms with van der Waals surface area (Å²) in [5.41, 5.74) is 6.55. The lowest BCUT2D eigenvalue weighted by Crippen LogP contribution is -2.36. The van der Waals surface area contributed by atoms with Crippen LogP contribution in [0.5, 0.6) is 0 Å². The molecule has 3 aliphatic rings. The van der Waals surface area contributed by atoms with Gasteiger partial charge in [-0.05, 0) is 25.2 Å². The van der Waals surface area contributed by atoms with E-state index in [1.54, 1.807) is 11.8 Å². The molecule has 0 saturated carbocycles. The highest BCUT2D eigenvalue weighted by atomic mass is 32.2. The zero-order valence-electron chi connectivity index (χ0n) is 19.7. The summed E-state index contributed by atoms with van der Waals surface area (Å²) in [4.78, 5) is 23.6. The summed E-state index contributed by atoms with van der Waals surface area (Å²) >= 11 is 1.79. The maximum atomic E-state index is 12.3. The average Bonchev–Trinajstić information content (AvgIpc) is 3.59. The molecule has 15 nitrogen and oxygen atoms in total. The molecule has 6 N–H and O–H groups in total. The van der Waals surface area contributed by atoms with Crippen molar-refractivity contribution in [3.8, 4) is 0 Å². The number of amides is 2. The number of nitrogens with two attached hydrogens (primary N) is 1. The number of hydrogen-bond donors (Lipinski definition) is 5. The Hall–Kier alpha value is -2.73. The number of unbranched alkanes of at least 4 members (excludes halogenated alkanes) is 1. The molecule has 17 heteroatoms. The van der Waals surface area contributed by atoms with Crippen LogP contribution in [0, 0.1) is 0 Å². The lowest BCUT2D eigenvalue weighted by molar-refractivity contribution is -0.218. The largest absolute Gasteiger partial charge is 0.861 e. The van der Waals surface area contributed by atoms with Gasteiger partial charge in [-0.15, -0.1) is 0 Å². The standard InChI is InChI=1S/C20H29N9O6S2/c21-17-16-18(23-8-22-17)29(9-24-16)19-12(30)5-10(35-19)6-25-37(33,34)28-14(31)4-2-1-3-13-15-11(7-36-13)26-20(32)27-15/h8-13,15,19,25,30H,1-7H2,(H,28,31)(H2,21,22,23)(H2,26,27,32)/p-1/t10-,11-,12+,13-,15-,19+/m0/s1. The van der Waals surface area contributed by atoms with Crippen LogP contribution in [0.15, 0.2) is 17.1 Å². The molecule has 3 aliphatic heterocycles. The minimum absolute atomic E-state index is 0.0103. The van der Waals surface area contributed by atoms with Gasteiger partial charge in [0.25, 0.3) is 0 Å². The lowest BCUT2D eigenvalue weighted by atomic mass is 10.0. The highest BCUT2D eigenvalue weighted by Crippen LogP contribution is 2.33. The molecule has 0 unspecified atom stereocenters. The molecule has 2 aromatic rings. The topological polar surface area (TPSA) is 222 Å². The number of carbonyl (C=O) groups excluding carboxylic acids is 1. The van der Waals surface area contributed by atoms with Crippen LogP contribution in [0.3, 0.4) is 0 Å². The van der Waals surface area contributed by atoms with E-state index in [-0.39, 0.29) is 48.6 Å². The highest BCUT2D eigenvalue weighted by Gasteiger charge is 2.42. The number of nitrogen functional groups attached to an aromatic ring is 1. The summed E-state index contributed by atoms with van der Waals surface area (Å²) in [6.07, 6.45) is 2.47. The van der Waals surface area contributed by atoms with Gasteiger partial charge in [0.2, 0.25) is 0 Å². The summed E-state index contributed by atoms with van der Waals surface area (Å²) in [6, 6.07) is 0.0925. The zero-order valence-corrected chi connectivity index (χ0v) is 21.3. The number of aromatic nitrogens is 4. The first-order valence-corrected chi connectivity index (χ1v) is 14.4. The van der Waals surface area contributed by atoms with Crippen LogP contribution in [0.1, 0.15) is 38.3 Å². The molecule has 0 aromatic carbocycles. The third kappa shape index (κ3) is 5.74. The number of nitrogens with zero attached hydrogens (tertiary/aromatic N) is 5. The van der Waals surface area contributed by atoms with E-state index < -0.39 is 34.5 Å². The molecule has 37 heavy (non-hydrogen) atoms. The number of anilines is 1. The lowest BCUT2D eigenvalue weighted by Gasteiger charge is -2.17. The van der Waals surface area contributed by atoms with E-state index in [0.29, 0.717) is 17.6 Å². The molecule has 5 heterocycles. The monoisotopic (exact) mass is 554 g/mol. The number of hydrogen-bond acceptors (Lipinski definition) is 11. The van der Waals surface area contributed by atoms with Crippen LogP contribution >= 0.6 is 11.8 Å². The van der Waals surface area contributed by atoms with E-state index >= 15 is 0 Å². The predicted molar refractivity (Wildman–Crippen MR) is 133 cm³/mol. The summed E-state index contributed by atoms with van der Waals surface area (Å²) in [6.45, 7) is -0.169. The second-order valence-electron chi connectivity index (χ2n) is 9.21. The third-order valence-electron chi connectivity index (χ3n) is 6.61. The normalized spacial score (nSPS) is 30.0. The fraction of sp³-hybridized carbons (Fsp3) is 0.650. The van der Waals surface area contributed by atoms with E-state index in [9.17, 15) is 23.4 Å². The average molecular weight is 555 g/mol. The molecular weight excluding hydrogens is 526 g/mol. The smallest absolute Gasteiger partial charge is 0.318 e. The van der Waals surface area contributed by atoms with Crippen LogP contribution in [0.25, 0.3) is 11.2 Å². The summed E-state index contributed by atoms with van der Waals surface area (Å²) in [7, 11) is -4.22. The Morgan fingerprint density at radius 3 is 3.03 bits per heavy atom. The van der Waals surface area contributed by atoms with Crippen LogP contribution in [-0.2, 0) is 14.9 Å². The SMILES string of the molecule is Nc1ncnc2c1ncn2[C@@H]1O[C@H](CNS(=O)(=O)/N=C(\[O-])CCCC[C@@H]2SC[C@@H]3NC(=O)N[C@@H]32)C[C@H]1O. The Morgan fingerprint density at radius 1 is 1.35 bits per heavy atom. The van der Waals surface area contributed by atoms with Crippen molar-refractivity contribution in [1.29, 1.82) is 0 Å². The van der Waals surface area contributed by atoms with Crippen molar-refractivity contribution in [3.05, 3.63) is 12.7 Å². The Kier molecular flexibility index (Phi) is 7.39. The van der Waals surface area contributed by atoms with Crippen molar-refractivity contribution in [3.63, 3.8) is 0 Å². The van der Waals surface area contributed by atoms with Gasteiger partial charge in [-0.1, -0.05) is 6.42 Å². The molecular formula is C20H28N9O6S2-. The second-order valence-corrected chi connectivity index (χ2v) is 11.9. The van der Waals surface area contributed by atoms with E-state index in [1.807, 2.05) is 0 Å². The van der Waals surface area contributed by atoms with Crippen molar-refractivity contribution < 1.29 is 28.2 Å². The number of nitrogens with one attached hydrogen (secondary N) is 3. The highest BCUT2D eigenvalue weighted by molar-refractivity contribution is 8.00. The van der Waals surface area contributed by atoms with Crippen molar-refractivity contribution in [2.75, 3.05) is 18.0 Å². The van der Waals surface area contributed by atoms with Crippen molar-refractivity contribution >= 4 is 50.9 Å². The Bertz CT molecular complexity index is 1290. The molecule has 0 aliphatic carbocycles. The summed E-state index contributed by atoms with van der Waals surface area (Å²) in [5.74, 6) is 0.321. The molecule has 3 saturated heterocycles. The number of carbonyl (C=O) groups is 1. The van der Waals surface area contributed by atoms with Gasteiger partial charge in [0.15, 0.2) is 17.7 Å². The van der Waals surface area contributed by atoms with E-state index in [0.717, 1.165) is 18.6 Å². The molecule has 5 rings (SSSR count).